The van der Waals surface area contributed by atoms with Crippen molar-refractivity contribution in [3.63, 3.8) is 0 Å². The van der Waals surface area contributed by atoms with E-state index in [0.29, 0.717) is 0 Å². The first-order valence-electron chi connectivity index (χ1n) is 7.81. The van der Waals surface area contributed by atoms with E-state index in [9.17, 15) is 10.1 Å². The summed E-state index contributed by atoms with van der Waals surface area (Å²) < 4.78 is 2.16. The van der Waals surface area contributed by atoms with Gasteiger partial charge in [0.15, 0.2) is 0 Å². The Kier molecular flexibility index (Phi) is 3.20. The van der Waals surface area contributed by atoms with Crippen molar-refractivity contribution in [2.24, 2.45) is 0 Å². The molecule has 0 spiro atoms. The highest BCUT2D eigenvalue weighted by molar-refractivity contribution is 6.35. The van der Waals surface area contributed by atoms with Crippen LogP contribution < -0.4 is 10.9 Å². The molecule has 0 aliphatic heterocycles. The average Bonchev–Trinajstić information content (AvgIpc) is 2.88. The second-order valence-electron chi connectivity index (χ2n) is 6.15. The van der Waals surface area contributed by atoms with Crippen molar-refractivity contribution in [1.82, 2.24) is 4.57 Å². The Labute approximate surface area is 140 Å². The van der Waals surface area contributed by atoms with E-state index in [1.807, 2.05) is 0 Å². The lowest BCUT2D eigenvalue weighted by molar-refractivity contribution is -0.384. The van der Waals surface area contributed by atoms with Crippen molar-refractivity contribution < 1.29 is 4.92 Å². The van der Waals surface area contributed by atoms with Crippen LogP contribution in [0.4, 0.5) is 5.69 Å². The Balaban J connectivity index is 2.07. The second kappa shape index (κ2) is 5.27. The second-order valence-corrected chi connectivity index (χ2v) is 6.15. The molecule has 0 aliphatic rings. The topological polar surface area (TPSA) is 48.1 Å². The lowest BCUT2D eigenvalue weighted by Gasteiger charge is -2.07. The normalized spacial score (nSPS) is 11.2. The molecule has 0 aliphatic carbocycles. The van der Waals surface area contributed by atoms with Crippen LogP contribution in [-0.2, 0) is 0 Å². The third-order valence-corrected chi connectivity index (χ3v) is 4.39. The van der Waals surface area contributed by atoms with Gasteiger partial charge in [0.25, 0.3) is 5.69 Å². The average molecular weight is 312 g/mol. The van der Waals surface area contributed by atoms with E-state index in [1.54, 1.807) is 24.3 Å². The summed E-state index contributed by atoms with van der Waals surface area (Å²) in [4.78, 5) is 10.5. The Morgan fingerprint density at radius 2 is 1.29 bits per heavy atom. The highest BCUT2D eigenvalue weighted by Crippen LogP contribution is 2.31. The lowest BCUT2D eigenvalue weighted by atomic mass is 9.92. The Morgan fingerprint density at radius 1 is 0.792 bits per heavy atom. The molecule has 6 heteroatoms. The fourth-order valence-electron chi connectivity index (χ4n) is 3.25. The molecule has 24 heavy (non-hydrogen) atoms. The van der Waals surface area contributed by atoms with Crippen LogP contribution in [0.2, 0.25) is 0 Å². The number of hydrogen-bond donors (Lipinski definition) is 0. The molecular weight excluding hydrogens is 298 g/mol. The van der Waals surface area contributed by atoms with Crippen LogP contribution in [0.3, 0.4) is 0 Å². The van der Waals surface area contributed by atoms with Crippen molar-refractivity contribution in [3.05, 3.63) is 70.8 Å². The SMILES string of the molecule is Bc1ccc2c(c1)c1cc(B)ccc1n2-c1ccc([N+](=O)[O-])cc1. The molecule has 0 amide bonds. The minimum Gasteiger partial charge on any atom is -0.309 e. The van der Waals surface area contributed by atoms with Gasteiger partial charge in [-0.05, 0) is 24.3 Å². The van der Waals surface area contributed by atoms with Gasteiger partial charge in [-0.2, -0.15) is 0 Å². The zero-order valence-electron chi connectivity index (χ0n) is 13.5. The summed E-state index contributed by atoms with van der Waals surface area (Å²) >= 11 is 0. The minimum atomic E-state index is -0.373. The van der Waals surface area contributed by atoms with Gasteiger partial charge in [0.1, 0.15) is 15.7 Å². The van der Waals surface area contributed by atoms with E-state index >= 15 is 0 Å². The summed E-state index contributed by atoms with van der Waals surface area (Å²) in [6, 6.07) is 19.5. The predicted octanol–water partition coefficient (Wildman–Crippen LogP) is 1.21. The summed E-state index contributed by atoms with van der Waals surface area (Å²) in [5, 5.41) is 13.3. The molecule has 4 nitrogen and oxygen atoms in total. The number of non-ortho nitro benzene ring substituents is 1. The van der Waals surface area contributed by atoms with Crippen LogP contribution in [-0.4, -0.2) is 25.2 Å². The molecule has 0 saturated heterocycles. The van der Waals surface area contributed by atoms with Crippen LogP contribution in [0.1, 0.15) is 0 Å². The molecule has 0 fully saturated rings. The zero-order valence-corrected chi connectivity index (χ0v) is 13.5. The third-order valence-electron chi connectivity index (χ3n) is 4.39. The summed E-state index contributed by atoms with van der Waals surface area (Å²) in [6.07, 6.45) is 0. The van der Waals surface area contributed by atoms with Gasteiger partial charge in [-0.1, -0.05) is 35.2 Å². The maximum absolute atomic E-state index is 10.9. The highest BCUT2D eigenvalue weighted by Gasteiger charge is 2.13. The van der Waals surface area contributed by atoms with Crippen LogP contribution in [0.5, 0.6) is 0 Å². The third kappa shape index (κ3) is 2.19. The van der Waals surface area contributed by atoms with E-state index in [0.717, 1.165) is 16.7 Å². The molecule has 114 valence electrons. The zero-order chi connectivity index (χ0) is 16.8. The number of nitrogens with zero attached hydrogens (tertiary/aromatic N) is 2. The number of nitro benzene ring substituents is 1. The monoisotopic (exact) mass is 312 g/mol. The van der Waals surface area contributed by atoms with Gasteiger partial charge in [0.2, 0.25) is 0 Å². The smallest absolute Gasteiger partial charge is 0.269 e. The maximum atomic E-state index is 10.9. The molecule has 0 saturated carbocycles. The van der Waals surface area contributed by atoms with Crippen molar-refractivity contribution in [2.45, 2.75) is 0 Å². The predicted molar refractivity (Wildman–Crippen MR) is 104 cm³/mol. The molecule has 4 rings (SSSR count). The van der Waals surface area contributed by atoms with E-state index in [1.165, 1.54) is 21.7 Å². The number of hydrogen-bond acceptors (Lipinski definition) is 2. The molecule has 0 unspecified atom stereocenters. The van der Waals surface area contributed by atoms with Crippen LogP contribution >= 0.6 is 0 Å². The quantitative estimate of drug-likeness (QED) is 0.317. The first-order valence-corrected chi connectivity index (χ1v) is 7.81. The van der Waals surface area contributed by atoms with E-state index in [4.69, 9.17) is 0 Å². The maximum Gasteiger partial charge on any atom is 0.269 e. The van der Waals surface area contributed by atoms with Crippen LogP contribution in [0.15, 0.2) is 60.7 Å². The molecular formula is C18H14B2N2O2. The van der Waals surface area contributed by atoms with Gasteiger partial charge in [-0.15, -0.1) is 0 Å². The summed E-state index contributed by atoms with van der Waals surface area (Å²) in [7, 11) is 4.18. The minimum absolute atomic E-state index is 0.103. The van der Waals surface area contributed by atoms with Crippen molar-refractivity contribution in [1.29, 1.82) is 0 Å². The lowest BCUT2D eigenvalue weighted by Crippen LogP contribution is -2.00. The molecule has 0 atom stereocenters. The first-order chi connectivity index (χ1) is 11.5. The van der Waals surface area contributed by atoms with Gasteiger partial charge in [0, 0.05) is 28.6 Å². The van der Waals surface area contributed by atoms with Crippen molar-refractivity contribution >= 4 is 54.1 Å². The molecule has 0 bridgehead atoms. The van der Waals surface area contributed by atoms with Crippen LogP contribution in [0, 0.1) is 10.1 Å². The molecule has 1 heterocycles. The first kappa shape index (κ1) is 14.6. The Hall–Kier alpha value is -3.01. The van der Waals surface area contributed by atoms with Gasteiger partial charge < -0.3 is 4.57 Å². The Morgan fingerprint density at radius 3 is 1.75 bits per heavy atom. The van der Waals surface area contributed by atoms with E-state index < -0.39 is 0 Å². The van der Waals surface area contributed by atoms with E-state index in [2.05, 4.69) is 56.7 Å². The largest absolute Gasteiger partial charge is 0.309 e. The van der Waals surface area contributed by atoms with Gasteiger partial charge in [-0.3, -0.25) is 10.1 Å². The molecule has 4 aromatic rings. The molecule has 0 radical (unpaired) electrons. The van der Waals surface area contributed by atoms with E-state index in [-0.39, 0.29) is 10.6 Å². The van der Waals surface area contributed by atoms with Crippen LogP contribution in [0.25, 0.3) is 27.5 Å². The molecule has 1 aromatic heterocycles. The van der Waals surface area contributed by atoms with Crippen molar-refractivity contribution in [2.75, 3.05) is 0 Å². The van der Waals surface area contributed by atoms with Crippen molar-refractivity contribution in [3.8, 4) is 5.69 Å². The standard InChI is InChI=1S/C18H14B2N2O2/c19-11-1-7-17-15(9-11)16-10-12(20)2-8-18(16)21(17)13-3-5-14(6-4-13)22(23)24/h1-10H,19-20H2. The van der Waals surface area contributed by atoms with Gasteiger partial charge in [-0.25, -0.2) is 0 Å². The molecule has 3 aromatic carbocycles. The molecule has 0 N–H and O–H groups in total. The fourth-order valence-corrected chi connectivity index (χ4v) is 3.25. The number of nitro groups is 1. The van der Waals surface area contributed by atoms with Gasteiger partial charge >= 0.3 is 0 Å². The van der Waals surface area contributed by atoms with Gasteiger partial charge in [0.05, 0.1) is 16.0 Å². The fraction of sp³-hybridized carbons (Fsp3) is 0. The number of aromatic nitrogens is 1. The number of benzene rings is 3. The summed E-state index contributed by atoms with van der Waals surface area (Å²) in [5.41, 5.74) is 5.67. The number of fused-ring (bicyclic) bond motifs is 3. The summed E-state index contributed by atoms with van der Waals surface area (Å²) in [5.74, 6) is 0. The highest BCUT2D eigenvalue weighted by atomic mass is 16.6. The Bertz CT molecular complexity index is 1040. The number of rotatable bonds is 2. The summed E-state index contributed by atoms with van der Waals surface area (Å²) in [6.45, 7) is 0.